The summed E-state index contributed by atoms with van der Waals surface area (Å²) in [6.45, 7) is 2.42. The molecule has 1 N–H and O–H groups in total. The Hall–Kier alpha value is -2.14. The van der Waals surface area contributed by atoms with E-state index in [9.17, 15) is 10.1 Å². The summed E-state index contributed by atoms with van der Waals surface area (Å²) in [7, 11) is 0. The molecule has 0 atom stereocenters. The molecule has 0 aliphatic heterocycles. The molecule has 1 aromatic carbocycles. The molecule has 0 amide bonds. The van der Waals surface area contributed by atoms with Gasteiger partial charge >= 0.3 is 0 Å². The minimum Gasteiger partial charge on any atom is -0.375 e. The second kappa shape index (κ2) is 5.67. The van der Waals surface area contributed by atoms with Gasteiger partial charge in [-0.05, 0) is 36.2 Å². The third-order valence-electron chi connectivity index (χ3n) is 2.77. The fraction of sp³-hybridized carbons (Fsp3) is 0.154. The molecule has 0 unspecified atom stereocenters. The van der Waals surface area contributed by atoms with E-state index in [0.29, 0.717) is 17.3 Å². The van der Waals surface area contributed by atoms with Crippen LogP contribution in [0, 0.1) is 17.0 Å². The van der Waals surface area contributed by atoms with Crippen LogP contribution in [0.2, 0.25) is 5.02 Å². The van der Waals surface area contributed by atoms with Gasteiger partial charge in [-0.2, -0.15) is 0 Å². The number of hydrogen-bond donors (Lipinski definition) is 1. The third-order valence-corrected chi connectivity index (χ3v) is 3.01. The molecular weight excluding hydrogens is 266 g/mol. The number of nitrogens with one attached hydrogen (secondary N) is 1. The highest BCUT2D eigenvalue weighted by atomic mass is 35.5. The van der Waals surface area contributed by atoms with Crippen LogP contribution in [-0.4, -0.2) is 9.91 Å². The van der Waals surface area contributed by atoms with Gasteiger partial charge < -0.3 is 5.32 Å². The first-order valence-corrected chi connectivity index (χ1v) is 6.03. The molecule has 98 valence electrons. The maximum atomic E-state index is 10.9. The zero-order valence-electron chi connectivity index (χ0n) is 10.3. The zero-order chi connectivity index (χ0) is 13.8. The van der Waals surface area contributed by atoms with Crippen LogP contribution >= 0.6 is 11.6 Å². The smallest absolute Gasteiger partial charge is 0.292 e. The highest BCUT2D eigenvalue weighted by Crippen LogP contribution is 2.28. The maximum Gasteiger partial charge on any atom is 0.292 e. The van der Waals surface area contributed by atoms with Crippen molar-refractivity contribution in [3.05, 3.63) is 62.9 Å². The molecule has 0 aliphatic rings. The summed E-state index contributed by atoms with van der Waals surface area (Å²) in [6.07, 6.45) is 3.44. The van der Waals surface area contributed by atoms with Gasteiger partial charge in [-0.25, -0.2) is 0 Å². The molecule has 0 radical (unpaired) electrons. The molecule has 0 saturated carbocycles. The van der Waals surface area contributed by atoms with E-state index >= 15 is 0 Å². The minimum absolute atomic E-state index is 0.00550. The lowest BCUT2D eigenvalue weighted by molar-refractivity contribution is -0.384. The van der Waals surface area contributed by atoms with E-state index in [2.05, 4.69) is 10.3 Å². The van der Waals surface area contributed by atoms with E-state index in [1.54, 1.807) is 18.5 Å². The van der Waals surface area contributed by atoms with Crippen molar-refractivity contribution in [3.63, 3.8) is 0 Å². The lowest BCUT2D eigenvalue weighted by atomic mass is 10.1. The van der Waals surface area contributed by atoms with Crippen LogP contribution < -0.4 is 5.32 Å². The Morgan fingerprint density at radius 2 is 2.21 bits per heavy atom. The molecule has 5 nitrogen and oxygen atoms in total. The number of nitro benzene ring substituents is 1. The standard InChI is InChI=1S/C13H12ClN3O2/c1-9-4-5-15-7-10(9)8-16-12-6-11(14)2-3-13(12)17(18)19/h2-7,16H,8H2,1H3. The summed E-state index contributed by atoms with van der Waals surface area (Å²) in [5, 5.41) is 14.4. The molecular formula is C13H12ClN3O2. The van der Waals surface area contributed by atoms with Crippen molar-refractivity contribution in [2.75, 3.05) is 5.32 Å². The zero-order valence-corrected chi connectivity index (χ0v) is 11.0. The lowest BCUT2D eigenvalue weighted by Gasteiger charge is -2.09. The Morgan fingerprint density at radius 1 is 1.42 bits per heavy atom. The molecule has 1 aromatic heterocycles. The summed E-state index contributed by atoms with van der Waals surface area (Å²) in [5.41, 5.74) is 2.47. The van der Waals surface area contributed by atoms with Crippen molar-refractivity contribution in [2.45, 2.75) is 13.5 Å². The lowest BCUT2D eigenvalue weighted by Crippen LogP contribution is -2.04. The van der Waals surface area contributed by atoms with Crippen molar-refractivity contribution >= 4 is 23.0 Å². The second-order valence-corrected chi connectivity index (χ2v) is 4.51. The van der Waals surface area contributed by atoms with Crippen molar-refractivity contribution < 1.29 is 4.92 Å². The van der Waals surface area contributed by atoms with Crippen LogP contribution in [0.25, 0.3) is 0 Å². The van der Waals surface area contributed by atoms with E-state index in [1.807, 2.05) is 13.0 Å². The van der Waals surface area contributed by atoms with E-state index in [4.69, 9.17) is 11.6 Å². The Balaban J connectivity index is 2.22. The normalized spacial score (nSPS) is 10.2. The van der Waals surface area contributed by atoms with Crippen LogP contribution in [-0.2, 0) is 6.54 Å². The summed E-state index contributed by atoms with van der Waals surface area (Å²) in [4.78, 5) is 14.5. The van der Waals surface area contributed by atoms with Gasteiger partial charge in [0.25, 0.3) is 5.69 Å². The Labute approximate surface area is 115 Å². The molecule has 0 spiro atoms. The van der Waals surface area contributed by atoms with Crippen molar-refractivity contribution in [3.8, 4) is 0 Å². The highest BCUT2D eigenvalue weighted by molar-refractivity contribution is 6.31. The predicted molar refractivity (Wildman–Crippen MR) is 74.4 cm³/mol. The number of benzene rings is 1. The third kappa shape index (κ3) is 3.20. The summed E-state index contributed by atoms with van der Waals surface area (Å²) in [5.74, 6) is 0. The molecule has 19 heavy (non-hydrogen) atoms. The average Bonchev–Trinajstić information content (AvgIpc) is 2.37. The first-order chi connectivity index (χ1) is 9.08. The van der Waals surface area contributed by atoms with Crippen LogP contribution in [0.5, 0.6) is 0 Å². The number of anilines is 1. The van der Waals surface area contributed by atoms with E-state index < -0.39 is 4.92 Å². The van der Waals surface area contributed by atoms with E-state index in [0.717, 1.165) is 11.1 Å². The summed E-state index contributed by atoms with van der Waals surface area (Å²) in [6, 6.07) is 6.33. The number of aryl methyl sites for hydroxylation is 1. The average molecular weight is 278 g/mol. The van der Waals surface area contributed by atoms with Gasteiger partial charge in [0.05, 0.1) is 4.92 Å². The first-order valence-electron chi connectivity index (χ1n) is 5.65. The van der Waals surface area contributed by atoms with Gasteiger partial charge in [0.15, 0.2) is 0 Å². The Morgan fingerprint density at radius 3 is 2.89 bits per heavy atom. The van der Waals surface area contributed by atoms with Gasteiger partial charge in [-0.1, -0.05) is 11.6 Å². The fourth-order valence-electron chi connectivity index (χ4n) is 1.68. The quantitative estimate of drug-likeness (QED) is 0.685. The topological polar surface area (TPSA) is 68.1 Å². The molecule has 6 heteroatoms. The van der Waals surface area contributed by atoms with Gasteiger partial charge in [-0.15, -0.1) is 0 Å². The highest BCUT2D eigenvalue weighted by Gasteiger charge is 2.13. The van der Waals surface area contributed by atoms with Crippen LogP contribution in [0.3, 0.4) is 0 Å². The van der Waals surface area contributed by atoms with E-state index in [-0.39, 0.29) is 5.69 Å². The van der Waals surface area contributed by atoms with Gasteiger partial charge in [0.2, 0.25) is 0 Å². The van der Waals surface area contributed by atoms with Crippen molar-refractivity contribution in [2.24, 2.45) is 0 Å². The number of rotatable bonds is 4. The molecule has 0 saturated heterocycles. The van der Waals surface area contributed by atoms with Crippen molar-refractivity contribution in [1.29, 1.82) is 0 Å². The predicted octanol–water partition coefficient (Wildman–Crippen LogP) is 3.56. The number of halogens is 1. The van der Waals surface area contributed by atoms with Crippen molar-refractivity contribution in [1.82, 2.24) is 4.98 Å². The van der Waals surface area contributed by atoms with Crippen LogP contribution in [0.1, 0.15) is 11.1 Å². The summed E-state index contributed by atoms with van der Waals surface area (Å²) < 4.78 is 0. The van der Waals surface area contributed by atoms with Crippen LogP contribution in [0.15, 0.2) is 36.7 Å². The minimum atomic E-state index is -0.436. The molecule has 1 heterocycles. The molecule has 2 rings (SSSR count). The Kier molecular flexibility index (Phi) is 3.97. The number of nitrogens with zero attached hydrogens (tertiary/aromatic N) is 2. The maximum absolute atomic E-state index is 10.9. The number of hydrogen-bond acceptors (Lipinski definition) is 4. The van der Waals surface area contributed by atoms with Gasteiger partial charge in [-0.3, -0.25) is 15.1 Å². The molecule has 0 bridgehead atoms. The van der Waals surface area contributed by atoms with Gasteiger partial charge in [0, 0.05) is 30.0 Å². The number of nitro groups is 1. The first kappa shape index (κ1) is 13.3. The second-order valence-electron chi connectivity index (χ2n) is 4.07. The number of aromatic nitrogens is 1. The molecule has 0 fully saturated rings. The SMILES string of the molecule is Cc1ccncc1CNc1cc(Cl)ccc1[N+](=O)[O-]. The molecule has 2 aromatic rings. The molecule has 0 aliphatic carbocycles. The van der Waals surface area contributed by atoms with Crippen LogP contribution in [0.4, 0.5) is 11.4 Å². The largest absolute Gasteiger partial charge is 0.375 e. The fourth-order valence-corrected chi connectivity index (χ4v) is 1.85. The summed E-state index contributed by atoms with van der Waals surface area (Å²) >= 11 is 5.86. The Bertz CT molecular complexity index is 617. The monoisotopic (exact) mass is 277 g/mol. The number of pyridine rings is 1. The van der Waals surface area contributed by atoms with Gasteiger partial charge in [0.1, 0.15) is 5.69 Å². The van der Waals surface area contributed by atoms with E-state index in [1.165, 1.54) is 12.1 Å².